The molecule has 0 aliphatic heterocycles. The van der Waals surface area contributed by atoms with Gasteiger partial charge in [0.2, 0.25) is 21.8 Å². The lowest BCUT2D eigenvalue weighted by Gasteiger charge is -2.31. The van der Waals surface area contributed by atoms with Crippen LogP contribution in [-0.4, -0.2) is 50.0 Å². The first kappa shape index (κ1) is 32.0. The highest BCUT2D eigenvalue weighted by Gasteiger charge is 2.32. The summed E-state index contributed by atoms with van der Waals surface area (Å²) in [5, 5.41) is 3.63. The number of carbonyl (C=O) groups excluding carboxylic acids is 2. The van der Waals surface area contributed by atoms with Gasteiger partial charge in [0.15, 0.2) is 0 Å². The lowest BCUT2D eigenvalue weighted by Crippen LogP contribution is -2.49. The zero-order chi connectivity index (χ0) is 29.7. The van der Waals surface area contributed by atoms with Crippen molar-refractivity contribution >= 4 is 50.7 Å². The van der Waals surface area contributed by atoms with Gasteiger partial charge >= 0.3 is 6.18 Å². The summed E-state index contributed by atoms with van der Waals surface area (Å²) in [5.74, 6) is -0.785. The number of rotatable bonds is 11. The zero-order valence-corrected chi connectivity index (χ0v) is 24.5. The standard InChI is InChI=1S/C27H32Cl2F3N3O4S/c1-18(26(37)33-20-9-3-4-10-20)34(17-22-23(28)12-6-13-24(22)29)25(36)14-7-15-35(40(2,38)39)21-11-5-8-19(16-21)27(30,31)32/h5-6,8,11-13,16,18,20H,3-4,7,9-10,14-15,17H2,1-2H3,(H,33,37)/t18-/m0/s1. The normalized spacial score (nSPS) is 15.1. The van der Waals surface area contributed by atoms with Crippen LogP contribution in [-0.2, 0) is 32.3 Å². The maximum atomic E-state index is 13.4. The van der Waals surface area contributed by atoms with Gasteiger partial charge in [-0.25, -0.2) is 8.42 Å². The molecule has 1 aliphatic carbocycles. The molecule has 0 spiro atoms. The highest BCUT2D eigenvalue weighted by molar-refractivity contribution is 7.92. The van der Waals surface area contributed by atoms with Crippen LogP contribution in [0.1, 0.15) is 56.6 Å². The molecule has 1 saturated carbocycles. The third kappa shape index (κ3) is 8.50. The molecule has 0 unspecified atom stereocenters. The molecule has 1 aliphatic rings. The maximum Gasteiger partial charge on any atom is 0.416 e. The fourth-order valence-electron chi connectivity index (χ4n) is 4.67. The molecule has 0 radical (unpaired) electrons. The Morgan fingerprint density at radius 1 is 1.07 bits per heavy atom. The van der Waals surface area contributed by atoms with E-state index in [2.05, 4.69) is 5.32 Å². The molecule has 0 aromatic heterocycles. The van der Waals surface area contributed by atoms with Crippen molar-refractivity contribution in [1.82, 2.24) is 10.2 Å². The van der Waals surface area contributed by atoms with Crippen molar-refractivity contribution in [1.29, 1.82) is 0 Å². The number of sulfonamides is 1. The van der Waals surface area contributed by atoms with Crippen molar-refractivity contribution in [3.05, 3.63) is 63.6 Å². The molecule has 40 heavy (non-hydrogen) atoms. The van der Waals surface area contributed by atoms with E-state index in [-0.39, 0.29) is 43.6 Å². The molecule has 0 heterocycles. The minimum absolute atomic E-state index is 0.00807. The van der Waals surface area contributed by atoms with Crippen LogP contribution in [0.2, 0.25) is 10.0 Å². The van der Waals surface area contributed by atoms with Crippen molar-refractivity contribution < 1.29 is 31.2 Å². The third-order valence-corrected chi connectivity index (χ3v) is 8.77. The van der Waals surface area contributed by atoms with Crippen molar-refractivity contribution in [3.63, 3.8) is 0 Å². The van der Waals surface area contributed by atoms with Gasteiger partial charge in [-0.05, 0) is 56.5 Å². The van der Waals surface area contributed by atoms with E-state index in [9.17, 15) is 31.2 Å². The number of carbonyl (C=O) groups is 2. The van der Waals surface area contributed by atoms with E-state index in [1.807, 2.05) is 0 Å². The van der Waals surface area contributed by atoms with Gasteiger partial charge in [-0.3, -0.25) is 13.9 Å². The molecule has 2 aromatic carbocycles. The van der Waals surface area contributed by atoms with Crippen molar-refractivity contribution in [2.75, 3.05) is 17.1 Å². The summed E-state index contributed by atoms with van der Waals surface area (Å²) in [4.78, 5) is 27.9. The van der Waals surface area contributed by atoms with E-state index in [1.54, 1.807) is 25.1 Å². The Bertz CT molecular complexity index is 1300. The Balaban J connectivity index is 1.78. The molecule has 2 aromatic rings. The predicted octanol–water partition coefficient (Wildman–Crippen LogP) is 6.03. The highest BCUT2D eigenvalue weighted by Crippen LogP contribution is 2.32. The Kier molecular flexibility index (Phi) is 10.8. The van der Waals surface area contributed by atoms with E-state index >= 15 is 0 Å². The van der Waals surface area contributed by atoms with E-state index in [0.717, 1.165) is 54.4 Å². The number of nitrogens with one attached hydrogen (secondary N) is 1. The number of hydrogen-bond donors (Lipinski definition) is 1. The molecule has 1 N–H and O–H groups in total. The van der Waals surface area contributed by atoms with Gasteiger partial charge in [-0.2, -0.15) is 13.2 Å². The summed E-state index contributed by atoms with van der Waals surface area (Å²) < 4.78 is 65.4. The second kappa shape index (κ2) is 13.4. The monoisotopic (exact) mass is 621 g/mol. The molecule has 7 nitrogen and oxygen atoms in total. The molecule has 220 valence electrons. The van der Waals surface area contributed by atoms with Crippen LogP contribution in [0.15, 0.2) is 42.5 Å². The third-order valence-electron chi connectivity index (χ3n) is 6.87. The second-order valence-electron chi connectivity index (χ2n) is 9.87. The van der Waals surface area contributed by atoms with Gasteiger partial charge in [-0.1, -0.05) is 48.2 Å². The van der Waals surface area contributed by atoms with Crippen LogP contribution in [0, 0.1) is 0 Å². The first-order valence-corrected chi connectivity index (χ1v) is 15.5. The van der Waals surface area contributed by atoms with Crippen molar-refractivity contribution in [3.8, 4) is 0 Å². The Morgan fingerprint density at radius 2 is 1.68 bits per heavy atom. The molecular formula is C27H32Cl2F3N3O4S. The largest absolute Gasteiger partial charge is 0.416 e. The van der Waals surface area contributed by atoms with Gasteiger partial charge in [-0.15, -0.1) is 0 Å². The lowest BCUT2D eigenvalue weighted by atomic mass is 10.1. The van der Waals surface area contributed by atoms with Crippen LogP contribution in [0.4, 0.5) is 18.9 Å². The predicted molar refractivity (Wildman–Crippen MR) is 150 cm³/mol. The van der Waals surface area contributed by atoms with Crippen LogP contribution < -0.4 is 9.62 Å². The van der Waals surface area contributed by atoms with Crippen molar-refractivity contribution in [2.45, 2.75) is 70.3 Å². The van der Waals surface area contributed by atoms with Gasteiger partial charge < -0.3 is 10.2 Å². The van der Waals surface area contributed by atoms with Gasteiger partial charge in [0.1, 0.15) is 6.04 Å². The number of hydrogen-bond acceptors (Lipinski definition) is 4. The number of halogens is 5. The van der Waals surface area contributed by atoms with Gasteiger partial charge in [0, 0.05) is 41.2 Å². The fourth-order valence-corrected chi connectivity index (χ4v) is 6.14. The quantitative estimate of drug-likeness (QED) is 0.332. The summed E-state index contributed by atoms with van der Waals surface area (Å²) in [6, 6.07) is 8.04. The average Bonchev–Trinajstić information content (AvgIpc) is 3.38. The second-order valence-corrected chi connectivity index (χ2v) is 12.6. The van der Waals surface area contributed by atoms with E-state index in [4.69, 9.17) is 23.2 Å². The molecule has 3 rings (SSSR count). The molecule has 1 atom stereocenters. The smallest absolute Gasteiger partial charge is 0.352 e. The Hall–Kier alpha value is -2.50. The first-order chi connectivity index (χ1) is 18.7. The summed E-state index contributed by atoms with van der Waals surface area (Å²) in [5.41, 5.74) is -0.685. The Morgan fingerprint density at radius 3 is 2.25 bits per heavy atom. The Labute approximate surface area is 242 Å². The van der Waals surface area contributed by atoms with Crippen LogP contribution in [0.5, 0.6) is 0 Å². The SMILES string of the molecule is C[C@@H](C(=O)NC1CCCC1)N(Cc1c(Cl)cccc1Cl)C(=O)CCCN(c1cccc(C(F)(F)F)c1)S(C)(=O)=O. The molecule has 0 bridgehead atoms. The van der Waals surface area contributed by atoms with Crippen molar-refractivity contribution in [2.24, 2.45) is 0 Å². The minimum atomic E-state index is -4.65. The molecule has 2 amide bonds. The van der Waals surface area contributed by atoms with E-state index < -0.39 is 33.7 Å². The highest BCUT2D eigenvalue weighted by atomic mass is 35.5. The summed E-state index contributed by atoms with van der Waals surface area (Å²) in [6.45, 7) is 1.30. The summed E-state index contributed by atoms with van der Waals surface area (Å²) >= 11 is 12.7. The molecule has 13 heteroatoms. The number of nitrogens with zero attached hydrogens (tertiary/aromatic N) is 2. The number of anilines is 1. The summed E-state index contributed by atoms with van der Waals surface area (Å²) in [7, 11) is -3.96. The number of alkyl halides is 3. The summed E-state index contributed by atoms with van der Waals surface area (Å²) in [6.07, 6.45) is -0.194. The molecular weight excluding hydrogens is 590 g/mol. The van der Waals surface area contributed by atoms with Gasteiger partial charge in [0.25, 0.3) is 0 Å². The molecule has 1 fully saturated rings. The minimum Gasteiger partial charge on any atom is -0.352 e. The number of amides is 2. The lowest BCUT2D eigenvalue weighted by molar-refractivity contribution is -0.141. The van der Waals surface area contributed by atoms with Crippen LogP contribution >= 0.6 is 23.2 Å². The van der Waals surface area contributed by atoms with Crippen LogP contribution in [0.25, 0.3) is 0 Å². The van der Waals surface area contributed by atoms with Gasteiger partial charge in [0.05, 0.1) is 17.5 Å². The first-order valence-electron chi connectivity index (χ1n) is 12.9. The maximum absolute atomic E-state index is 13.4. The average molecular weight is 623 g/mol. The van der Waals surface area contributed by atoms with E-state index in [1.165, 1.54) is 11.0 Å². The van der Waals surface area contributed by atoms with E-state index in [0.29, 0.717) is 15.6 Å². The topological polar surface area (TPSA) is 86.8 Å². The zero-order valence-electron chi connectivity index (χ0n) is 22.2. The fraction of sp³-hybridized carbons (Fsp3) is 0.481. The van der Waals surface area contributed by atoms with Crippen LogP contribution in [0.3, 0.4) is 0 Å². The molecule has 0 saturated heterocycles. The number of benzene rings is 2.